The summed E-state index contributed by atoms with van der Waals surface area (Å²) in [4.78, 5) is 22.0. The van der Waals surface area contributed by atoms with Gasteiger partial charge in [-0.05, 0) is 12.1 Å². The predicted octanol–water partition coefficient (Wildman–Crippen LogP) is -0.156. The molecule has 38 heavy (non-hydrogen) atoms. The number of aromatic hydroxyl groups is 3. The largest absolute Gasteiger partial charge is 0.504 e. The molecule has 4 aromatic rings. The van der Waals surface area contributed by atoms with Crippen molar-refractivity contribution in [2.75, 3.05) is 6.61 Å². The van der Waals surface area contributed by atoms with Crippen LogP contribution < -0.4 is 10.2 Å². The lowest BCUT2D eigenvalue weighted by molar-refractivity contribution is -0.277. The van der Waals surface area contributed by atoms with Crippen LogP contribution in [-0.2, 0) is 4.74 Å². The highest BCUT2D eigenvalue weighted by molar-refractivity contribution is 6.11. The van der Waals surface area contributed by atoms with Gasteiger partial charge in [-0.25, -0.2) is 4.79 Å². The number of carboxylic acid groups (broad SMARTS) is 1. The first-order valence-corrected chi connectivity index (χ1v) is 11.0. The van der Waals surface area contributed by atoms with Crippen LogP contribution in [0.25, 0.3) is 33.3 Å². The van der Waals surface area contributed by atoms with Gasteiger partial charge in [0.2, 0.25) is 12.1 Å². The van der Waals surface area contributed by atoms with E-state index in [9.17, 15) is 50.4 Å². The Labute approximate surface area is 210 Å². The van der Waals surface area contributed by atoms with E-state index >= 15 is 0 Å². The molecule has 14 heteroatoms. The number of aliphatic hydroxyl groups excluding tert-OH is 4. The van der Waals surface area contributed by atoms with Gasteiger partial charge >= 0.3 is 11.4 Å². The molecule has 5 rings (SSSR count). The van der Waals surface area contributed by atoms with Gasteiger partial charge in [-0.2, -0.15) is 0 Å². The Morgan fingerprint density at radius 1 is 0.921 bits per heavy atom. The van der Waals surface area contributed by atoms with Crippen molar-refractivity contribution in [3.05, 3.63) is 41.5 Å². The van der Waals surface area contributed by atoms with Crippen LogP contribution in [0.2, 0.25) is 0 Å². The second-order valence-electron chi connectivity index (χ2n) is 8.59. The molecule has 0 bridgehead atoms. The molecule has 0 unspecified atom stereocenters. The highest BCUT2D eigenvalue weighted by atomic mass is 16.7. The molecule has 3 heterocycles. The summed E-state index contributed by atoms with van der Waals surface area (Å²) in [5, 5.41) is 80.0. The minimum absolute atomic E-state index is 0.0242. The maximum atomic E-state index is 11.8. The Kier molecular flexibility index (Phi) is 6.13. The minimum atomic E-state index is -1.87. The molecular formula is C24H21O14+. The second-order valence-corrected chi connectivity index (χ2v) is 8.59. The Balaban J connectivity index is 1.83. The first kappa shape index (κ1) is 25.3. The third-order valence-electron chi connectivity index (χ3n) is 6.10. The van der Waals surface area contributed by atoms with Crippen molar-refractivity contribution in [3.8, 4) is 34.3 Å². The lowest BCUT2D eigenvalue weighted by Crippen LogP contribution is -2.60. The van der Waals surface area contributed by atoms with Gasteiger partial charge in [-0.3, -0.25) is 4.79 Å². The van der Waals surface area contributed by atoms with Gasteiger partial charge in [0.25, 0.3) is 0 Å². The van der Waals surface area contributed by atoms with Crippen LogP contribution in [0, 0.1) is 0 Å². The predicted molar refractivity (Wildman–Crippen MR) is 123 cm³/mol. The standard InChI is InChI=1S/C24H20O14/c25-6-15-18(30)19(31)20(32)24(37-15)38-22-9-5-14(23(33)34)35-12-3-8(26)4-13(16(9)12)36-21(22)7-1-10(27)17(29)11(28)2-7/h1-5,15,18-20,24-25,27-32H,6H2,(H,33,34)/p+1/t15-,18-,19+,20-,24+/m1/s1. The second kappa shape index (κ2) is 9.20. The fourth-order valence-electron chi connectivity index (χ4n) is 4.24. The monoisotopic (exact) mass is 533 g/mol. The van der Waals surface area contributed by atoms with Crippen LogP contribution in [0.3, 0.4) is 0 Å². The SMILES string of the molecule is O=C(O)c1cc2c(O[C@@H]3O[C@H](CO)[C@@H](O)[C@H](O)[C@H]3O)c(-c3cc(O)c(O)c(O)c3)oc3cc(=[OH+])cc(o1)c32. The fourth-order valence-corrected chi connectivity index (χ4v) is 4.24. The average molecular weight is 533 g/mol. The lowest BCUT2D eigenvalue weighted by Gasteiger charge is -2.39. The van der Waals surface area contributed by atoms with Gasteiger partial charge in [-0.1, -0.05) is 0 Å². The topological polar surface area (TPSA) is 245 Å². The number of aliphatic hydroxyl groups is 4. The maximum Gasteiger partial charge on any atom is 0.371 e. The van der Waals surface area contributed by atoms with Crippen LogP contribution in [0.15, 0.2) is 39.2 Å². The Hall–Kier alpha value is -4.34. The quantitative estimate of drug-likeness (QED) is 0.123. The van der Waals surface area contributed by atoms with E-state index in [0.717, 1.165) is 24.3 Å². The van der Waals surface area contributed by atoms with Crippen LogP contribution in [-0.4, -0.2) is 88.9 Å². The summed E-state index contributed by atoms with van der Waals surface area (Å²) < 4.78 is 22.5. The Bertz CT molecular complexity index is 1590. The zero-order valence-corrected chi connectivity index (χ0v) is 19.0. The molecule has 1 aliphatic heterocycles. The molecule has 2 aromatic carbocycles. The maximum absolute atomic E-state index is 11.8. The number of ether oxygens (including phenoxy) is 2. The van der Waals surface area contributed by atoms with Crippen LogP contribution in [0.4, 0.5) is 0 Å². The van der Waals surface area contributed by atoms with E-state index in [2.05, 4.69) is 0 Å². The molecule has 14 nitrogen and oxygen atoms in total. The number of hydrogen-bond donors (Lipinski definition) is 8. The van der Waals surface area contributed by atoms with Crippen molar-refractivity contribution in [2.45, 2.75) is 30.7 Å². The highest BCUT2D eigenvalue weighted by Crippen LogP contribution is 2.46. The molecule has 1 fully saturated rings. The smallest absolute Gasteiger partial charge is 0.371 e. The number of aromatic carboxylic acids is 1. The molecule has 0 aliphatic carbocycles. The van der Waals surface area contributed by atoms with E-state index in [0.29, 0.717) is 0 Å². The minimum Gasteiger partial charge on any atom is -0.504 e. The summed E-state index contributed by atoms with van der Waals surface area (Å²) in [5.74, 6) is -5.11. The van der Waals surface area contributed by atoms with Gasteiger partial charge in [0, 0.05) is 17.0 Å². The van der Waals surface area contributed by atoms with Gasteiger partial charge in [0.1, 0.15) is 35.6 Å². The van der Waals surface area contributed by atoms with Crippen LogP contribution >= 0.6 is 0 Å². The molecule has 5 atom stereocenters. The number of rotatable bonds is 5. The molecule has 1 aliphatic rings. The van der Waals surface area contributed by atoms with Crippen molar-refractivity contribution >= 4 is 27.9 Å². The van der Waals surface area contributed by atoms with E-state index in [-0.39, 0.29) is 44.4 Å². The number of phenols is 3. The zero-order valence-electron chi connectivity index (χ0n) is 19.0. The fraction of sp³-hybridized carbons (Fsp3) is 0.250. The number of hydrogen-bond acceptors (Lipinski definition) is 12. The molecule has 9 N–H and O–H groups in total. The molecule has 0 radical (unpaired) electrons. The summed E-state index contributed by atoms with van der Waals surface area (Å²) in [5.41, 5.74) is -0.671. The highest BCUT2D eigenvalue weighted by Gasteiger charge is 2.45. The molecule has 2 aromatic heterocycles. The zero-order chi connectivity index (χ0) is 27.5. The van der Waals surface area contributed by atoms with Crippen molar-refractivity contribution in [3.63, 3.8) is 0 Å². The third kappa shape index (κ3) is 4.06. The number of carboxylic acids is 1. The number of phenolic OH excluding ortho intramolecular Hbond substituents is 3. The summed E-state index contributed by atoms with van der Waals surface area (Å²) in [6, 6.07) is 5.31. The molecule has 0 saturated carbocycles. The Morgan fingerprint density at radius 2 is 1.55 bits per heavy atom. The summed E-state index contributed by atoms with van der Waals surface area (Å²) in [6.07, 6.45) is -8.48. The van der Waals surface area contributed by atoms with Gasteiger partial charge in [0.05, 0.1) is 24.1 Å². The first-order chi connectivity index (χ1) is 18.0. The summed E-state index contributed by atoms with van der Waals surface area (Å²) in [7, 11) is 0. The van der Waals surface area contributed by atoms with Gasteiger partial charge in [-0.15, -0.1) is 0 Å². The lowest BCUT2D eigenvalue weighted by atomic mass is 9.99. The van der Waals surface area contributed by atoms with Gasteiger partial charge in [0.15, 0.2) is 28.8 Å². The summed E-state index contributed by atoms with van der Waals surface area (Å²) in [6.45, 7) is -0.757. The van der Waals surface area contributed by atoms with Crippen molar-refractivity contribution in [1.82, 2.24) is 0 Å². The molecule has 200 valence electrons. The van der Waals surface area contributed by atoms with E-state index in [1.54, 1.807) is 0 Å². The van der Waals surface area contributed by atoms with Crippen molar-refractivity contribution < 1.29 is 68.7 Å². The van der Waals surface area contributed by atoms with Crippen molar-refractivity contribution in [1.29, 1.82) is 0 Å². The van der Waals surface area contributed by atoms with Crippen LogP contribution in [0.5, 0.6) is 23.0 Å². The molecular weight excluding hydrogens is 512 g/mol. The molecule has 1 saturated heterocycles. The van der Waals surface area contributed by atoms with Crippen molar-refractivity contribution in [2.24, 2.45) is 0 Å². The average Bonchev–Trinajstić information content (AvgIpc) is 2.87. The third-order valence-corrected chi connectivity index (χ3v) is 6.10. The number of carbonyl (C=O) groups is 1. The molecule has 0 spiro atoms. The van der Waals surface area contributed by atoms with E-state index in [1.165, 1.54) is 6.07 Å². The van der Waals surface area contributed by atoms with Gasteiger partial charge < -0.3 is 59.2 Å². The Morgan fingerprint density at radius 3 is 2.16 bits per heavy atom. The van der Waals surface area contributed by atoms with E-state index in [1.807, 2.05) is 0 Å². The summed E-state index contributed by atoms with van der Waals surface area (Å²) >= 11 is 0. The first-order valence-electron chi connectivity index (χ1n) is 11.0. The molecule has 0 amide bonds. The van der Waals surface area contributed by atoms with E-state index < -0.39 is 66.3 Å². The number of benzene rings is 2. The van der Waals surface area contributed by atoms with Crippen LogP contribution in [0.1, 0.15) is 10.6 Å². The normalized spacial score (nSPS) is 23.6. The van der Waals surface area contributed by atoms with E-state index in [4.69, 9.17) is 18.3 Å².